The smallest absolute Gasteiger partial charge is 0.336 e. The molecule has 2 heterocycles. The highest BCUT2D eigenvalue weighted by Crippen LogP contribution is 2.28. The van der Waals surface area contributed by atoms with Gasteiger partial charge in [-0.25, -0.2) is 9.78 Å². The fourth-order valence-corrected chi connectivity index (χ4v) is 4.14. The van der Waals surface area contributed by atoms with E-state index in [4.69, 9.17) is 34.6 Å². The molecule has 1 atom stereocenters. The fourth-order valence-electron chi connectivity index (χ4n) is 4.14. The van der Waals surface area contributed by atoms with Gasteiger partial charge in [0.05, 0.1) is 38.9 Å². The summed E-state index contributed by atoms with van der Waals surface area (Å²) in [6.45, 7) is 5.48. The standard InChI is InChI=1S/C20H29N3O3.C6H8O7/c1-15-21-11-17(22(15)2)13-23(14-18-6-5-9-26-18)12-16-7-8-19(24-3)20(10-16)25-4;7-3(8)1-6(13,5(11)12)2-4(9)10/h7-8,10-11,18H,5-6,9,12-14H2,1-4H3;13H,1-2H2,(H,7,8)(H,9,10)(H,11,12). The summed E-state index contributed by atoms with van der Waals surface area (Å²) in [6, 6.07) is 6.11. The second-order valence-electron chi connectivity index (χ2n) is 9.33. The van der Waals surface area contributed by atoms with Crippen molar-refractivity contribution in [2.24, 2.45) is 7.05 Å². The molecule has 13 nitrogen and oxygen atoms in total. The van der Waals surface area contributed by atoms with Gasteiger partial charge < -0.3 is 39.2 Å². The molecule has 216 valence electrons. The van der Waals surface area contributed by atoms with Crippen LogP contribution >= 0.6 is 0 Å². The minimum absolute atomic E-state index is 0.310. The number of nitrogens with zero attached hydrogens (tertiary/aromatic N) is 3. The van der Waals surface area contributed by atoms with Gasteiger partial charge in [-0.05, 0) is 37.5 Å². The summed E-state index contributed by atoms with van der Waals surface area (Å²) in [6.07, 6.45) is 2.27. The van der Waals surface area contributed by atoms with Crippen molar-refractivity contribution in [1.29, 1.82) is 0 Å². The van der Waals surface area contributed by atoms with Crippen LogP contribution < -0.4 is 9.47 Å². The second-order valence-corrected chi connectivity index (χ2v) is 9.33. The van der Waals surface area contributed by atoms with E-state index < -0.39 is 36.4 Å². The zero-order valence-electron chi connectivity index (χ0n) is 22.6. The molecule has 1 fully saturated rings. The lowest BCUT2D eigenvalue weighted by molar-refractivity contribution is -0.170. The minimum atomic E-state index is -2.74. The molecule has 2 aromatic rings. The first-order valence-corrected chi connectivity index (χ1v) is 12.3. The SMILES string of the molecule is COc1ccc(CN(Cc2cnc(C)n2C)CC2CCCO2)cc1OC.O=C(O)CC(O)(CC(=O)O)C(=O)O. The number of imidazole rings is 1. The molecule has 13 heteroatoms. The lowest BCUT2D eigenvalue weighted by Crippen LogP contribution is -2.42. The lowest BCUT2D eigenvalue weighted by Gasteiger charge is -2.25. The molecular formula is C26H37N3O10. The van der Waals surface area contributed by atoms with E-state index in [1.165, 1.54) is 11.3 Å². The van der Waals surface area contributed by atoms with Crippen molar-refractivity contribution in [2.75, 3.05) is 27.4 Å². The molecule has 0 bridgehead atoms. The van der Waals surface area contributed by atoms with Gasteiger partial charge in [0.15, 0.2) is 17.1 Å². The average Bonchev–Trinajstić information content (AvgIpc) is 3.48. The molecule has 1 aliphatic rings. The number of carboxylic acids is 3. The topological polar surface area (TPSA) is 181 Å². The molecule has 0 aliphatic carbocycles. The first-order valence-electron chi connectivity index (χ1n) is 12.3. The maximum absolute atomic E-state index is 10.3. The van der Waals surface area contributed by atoms with Crippen LogP contribution in [0.25, 0.3) is 0 Å². The van der Waals surface area contributed by atoms with Gasteiger partial charge in [0.2, 0.25) is 0 Å². The largest absolute Gasteiger partial charge is 0.493 e. The maximum atomic E-state index is 10.3. The summed E-state index contributed by atoms with van der Waals surface area (Å²) in [7, 11) is 5.40. The van der Waals surface area contributed by atoms with Crippen LogP contribution in [0.2, 0.25) is 0 Å². The van der Waals surface area contributed by atoms with E-state index in [9.17, 15) is 14.4 Å². The molecule has 0 amide bonds. The quantitative estimate of drug-likeness (QED) is 0.283. The number of methoxy groups -OCH3 is 2. The Kier molecular flexibility index (Phi) is 11.7. The Morgan fingerprint density at radius 2 is 1.74 bits per heavy atom. The third-order valence-electron chi connectivity index (χ3n) is 6.33. The van der Waals surface area contributed by atoms with E-state index >= 15 is 0 Å². The van der Waals surface area contributed by atoms with E-state index in [0.29, 0.717) is 6.10 Å². The van der Waals surface area contributed by atoms with Gasteiger partial charge in [-0.1, -0.05) is 6.07 Å². The van der Waals surface area contributed by atoms with Crippen molar-refractivity contribution in [2.45, 2.75) is 57.4 Å². The highest BCUT2D eigenvalue weighted by molar-refractivity contribution is 5.88. The Labute approximate surface area is 226 Å². The maximum Gasteiger partial charge on any atom is 0.336 e. The van der Waals surface area contributed by atoms with Crippen LogP contribution in [0, 0.1) is 6.92 Å². The summed E-state index contributed by atoms with van der Waals surface area (Å²) in [4.78, 5) is 37.3. The fraction of sp³-hybridized carbons (Fsp3) is 0.538. The second kappa shape index (κ2) is 14.5. The van der Waals surface area contributed by atoms with Gasteiger partial charge in [-0.3, -0.25) is 14.5 Å². The molecule has 1 aromatic carbocycles. The van der Waals surface area contributed by atoms with E-state index in [0.717, 1.165) is 56.4 Å². The number of carbonyl (C=O) groups is 3. The average molecular weight is 552 g/mol. The van der Waals surface area contributed by atoms with Gasteiger partial charge in [-0.2, -0.15) is 0 Å². The molecule has 0 saturated carbocycles. The number of hydrogen-bond acceptors (Lipinski definition) is 9. The van der Waals surface area contributed by atoms with Crippen LogP contribution in [0.4, 0.5) is 0 Å². The monoisotopic (exact) mass is 551 g/mol. The van der Waals surface area contributed by atoms with Crippen LogP contribution in [0.3, 0.4) is 0 Å². The normalized spacial score (nSPS) is 15.0. The van der Waals surface area contributed by atoms with Crippen LogP contribution in [0.1, 0.15) is 42.8 Å². The number of hydrogen-bond donors (Lipinski definition) is 4. The van der Waals surface area contributed by atoms with Crippen molar-refractivity contribution in [1.82, 2.24) is 14.5 Å². The zero-order valence-corrected chi connectivity index (χ0v) is 22.6. The Morgan fingerprint density at radius 1 is 1.10 bits per heavy atom. The minimum Gasteiger partial charge on any atom is -0.493 e. The first kappa shape index (κ1) is 31.5. The number of aliphatic carboxylic acids is 3. The molecule has 1 aliphatic heterocycles. The van der Waals surface area contributed by atoms with Crippen molar-refractivity contribution in [3.8, 4) is 11.5 Å². The number of aryl methyl sites for hydroxylation is 1. The summed E-state index contributed by atoms with van der Waals surface area (Å²) in [5.41, 5.74) is -0.335. The number of benzene rings is 1. The number of ether oxygens (including phenoxy) is 3. The number of rotatable bonds is 13. The highest BCUT2D eigenvalue weighted by Gasteiger charge is 2.40. The van der Waals surface area contributed by atoms with E-state index in [1.807, 2.05) is 19.2 Å². The Morgan fingerprint density at radius 3 is 2.21 bits per heavy atom. The number of carboxylic acid groups (broad SMARTS) is 3. The molecule has 1 aromatic heterocycles. The molecule has 4 N–H and O–H groups in total. The third kappa shape index (κ3) is 9.53. The van der Waals surface area contributed by atoms with E-state index in [1.54, 1.807) is 14.2 Å². The predicted molar refractivity (Wildman–Crippen MR) is 138 cm³/mol. The molecule has 3 rings (SSSR count). The predicted octanol–water partition coefficient (Wildman–Crippen LogP) is 1.68. The van der Waals surface area contributed by atoms with Crippen LogP contribution in [-0.4, -0.2) is 91.9 Å². The zero-order chi connectivity index (χ0) is 29.2. The lowest BCUT2D eigenvalue weighted by atomic mass is 9.96. The molecule has 0 spiro atoms. The van der Waals surface area contributed by atoms with Gasteiger partial charge in [-0.15, -0.1) is 0 Å². The van der Waals surface area contributed by atoms with Crippen molar-refractivity contribution >= 4 is 17.9 Å². The first-order chi connectivity index (χ1) is 18.4. The summed E-state index contributed by atoms with van der Waals surface area (Å²) in [5.74, 6) is -2.47. The number of aliphatic hydroxyl groups is 1. The van der Waals surface area contributed by atoms with E-state index in [-0.39, 0.29) is 0 Å². The molecule has 1 unspecified atom stereocenters. The van der Waals surface area contributed by atoms with Gasteiger partial charge in [0, 0.05) is 39.5 Å². The third-order valence-corrected chi connectivity index (χ3v) is 6.33. The van der Waals surface area contributed by atoms with Crippen LogP contribution in [0.5, 0.6) is 11.5 Å². The van der Waals surface area contributed by atoms with Crippen LogP contribution in [-0.2, 0) is 39.3 Å². The Hall–Kier alpha value is -3.68. The van der Waals surface area contributed by atoms with Gasteiger partial charge >= 0.3 is 17.9 Å². The van der Waals surface area contributed by atoms with Gasteiger partial charge in [0.1, 0.15) is 5.82 Å². The molecular weight excluding hydrogens is 514 g/mol. The number of aromatic nitrogens is 2. The van der Waals surface area contributed by atoms with Crippen molar-refractivity contribution in [3.05, 3.63) is 41.5 Å². The van der Waals surface area contributed by atoms with Crippen LogP contribution in [0.15, 0.2) is 24.4 Å². The van der Waals surface area contributed by atoms with Crippen molar-refractivity contribution < 1.29 is 49.0 Å². The Balaban J connectivity index is 0.000000349. The molecule has 0 radical (unpaired) electrons. The summed E-state index contributed by atoms with van der Waals surface area (Å²) >= 11 is 0. The van der Waals surface area contributed by atoms with Crippen molar-refractivity contribution in [3.63, 3.8) is 0 Å². The molecule has 1 saturated heterocycles. The van der Waals surface area contributed by atoms with E-state index in [2.05, 4.69) is 33.6 Å². The summed E-state index contributed by atoms with van der Waals surface area (Å²) in [5, 5.41) is 33.8. The van der Waals surface area contributed by atoms with Gasteiger partial charge in [0.25, 0.3) is 0 Å². The molecule has 39 heavy (non-hydrogen) atoms. The summed E-state index contributed by atoms with van der Waals surface area (Å²) < 4.78 is 18.8. The highest BCUT2D eigenvalue weighted by atomic mass is 16.5. The Bertz CT molecular complexity index is 1110.